The molecule has 0 aliphatic carbocycles. The number of nitrogens with one attached hydrogen (secondary N) is 1. The fourth-order valence-electron chi connectivity index (χ4n) is 1.61. The summed E-state index contributed by atoms with van der Waals surface area (Å²) in [7, 11) is 0. The average Bonchev–Trinajstić information content (AvgIpc) is 2.40. The molecule has 0 fully saturated rings. The average molecular weight is 300 g/mol. The Balaban J connectivity index is 2.57. The number of hydrogen-bond acceptors (Lipinski definition) is 3. The molecule has 0 aliphatic heterocycles. The summed E-state index contributed by atoms with van der Waals surface area (Å²) >= 11 is 5.75. The third-order valence-electron chi connectivity index (χ3n) is 2.69. The minimum atomic E-state index is -1.04. The number of carbonyl (C=O) groups excluding carboxylic acids is 1. The predicted molar refractivity (Wildman–Crippen MR) is 76.0 cm³/mol. The number of halogens is 1. The number of rotatable bonds is 7. The van der Waals surface area contributed by atoms with E-state index in [4.69, 9.17) is 21.4 Å². The zero-order valence-corrected chi connectivity index (χ0v) is 12.2. The Labute approximate surface area is 122 Å². The highest BCUT2D eigenvalue weighted by atomic mass is 35.5. The van der Waals surface area contributed by atoms with Crippen LogP contribution in [0.25, 0.3) is 0 Å². The van der Waals surface area contributed by atoms with Gasteiger partial charge in [0.15, 0.2) is 6.10 Å². The smallest absolute Gasteiger partial charge is 0.326 e. The fourth-order valence-corrected chi connectivity index (χ4v) is 1.73. The number of carbonyl (C=O) groups is 2. The van der Waals surface area contributed by atoms with E-state index in [1.54, 1.807) is 31.2 Å². The van der Waals surface area contributed by atoms with Crippen molar-refractivity contribution in [2.24, 2.45) is 0 Å². The van der Waals surface area contributed by atoms with Crippen molar-refractivity contribution >= 4 is 23.5 Å². The zero-order valence-electron chi connectivity index (χ0n) is 11.4. The first-order valence-corrected chi connectivity index (χ1v) is 6.77. The third-order valence-corrected chi connectivity index (χ3v) is 2.94. The van der Waals surface area contributed by atoms with Gasteiger partial charge in [0.05, 0.1) is 0 Å². The van der Waals surface area contributed by atoms with Crippen LogP contribution in [0.2, 0.25) is 5.02 Å². The summed E-state index contributed by atoms with van der Waals surface area (Å²) < 4.78 is 5.43. The SMILES string of the molecule is CCC[C@@H](NC(=O)C(C)Oc1ccc(Cl)cc1)C(=O)O. The number of amides is 1. The van der Waals surface area contributed by atoms with Crippen molar-refractivity contribution < 1.29 is 19.4 Å². The van der Waals surface area contributed by atoms with E-state index in [-0.39, 0.29) is 0 Å². The van der Waals surface area contributed by atoms with Gasteiger partial charge in [0.25, 0.3) is 5.91 Å². The largest absolute Gasteiger partial charge is 0.481 e. The van der Waals surface area contributed by atoms with Gasteiger partial charge in [-0.3, -0.25) is 4.79 Å². The van der Waals surface area contributed by atoms with Gasteiger partial charge in [0.2, 0.25) is 0 Å². The number of aliphatic carboxylic acids is 1. The van der Waals surface area contributed by atoms with Gasteiger partial charge >= 0.3 is 5.97 Å². The van der Waals surface area contributed by atoms with Crippen molar-refractivity contribution in [3.8, 4) is 5.75 Å². The normalized spacial score (nSPS) is 13.3. The van der Waals surface area contributed by atoms with Crippen molar-refractivity contribution in [2.45, 2.75) is 38.8 Å². The van der Waals surface area contributed by atoms with Gasteiger partial charge in [-0.1, -0.05) is 24.9 Å². The molecule has 0 saturated heterocycles. The summed E-state index contributed by atoms with van der Waals surface area (Å²) in [5, 5.41) is 12.0. The van der Waals surface area contributed by atoms with Gasteiger partial charge in [-0.25, -0.2) is 4.79 Å². The highest BCUT2D eigenvalue weighted by Crippen LogP contribution is 2.16. The number of benzene rings is 1. The number of ether oxygens (including phenoxy) is 1. The molecule has 0 aromatic heterocycles. The topological polar surface area (TPSA) is 75.6 Å². The summed E-state index contributed by atoms with van der Waals surface area (Å²) in [6.07, 6.45) is 0.271. The van der Waals surface area contributed by atoms with Gasteiger partial charge in [0, 0.05) is 5.02 Å². The molecule has 20 heavy (non-hydrogen) atoms. The first kappa shape index (κ1) is 16.3. The highest BCUT2D eigenvalue weighted by Gasteiger charge is 2.23. The molecular formula is C14H18ClNO4. The molecule has 0 saturated carbocycles. The van der Waals surface area contributed by atoms with Crippen LogP contribution in [0.1, 0.15) is 26.7 Å². The molecule has 0 bridgehead atoms. The Kier molecular flexibility index (Phi) is 6.31. The van der Waals surface area contributed by atoms with Crippen molar-refractivity contribution in [3.05, 3.63) is 29.3 Å². The lowest BCUT2D eigenvalue weighted by Crippen LogP contribution is -2.46. The molecule has 0 spiro atoms. The minimum Gasteiger partial charge on any atom is -0.481 e. The fraction of sp³-hybridized carbons (Fsp3) is 0.429. The molecule has 2 N–H and O–H groups in total. The summed E-state index contributed by atoms with van der Waals surface area (Å²) in [6.45, 7) is 3.42. The molecule has 0 aliphatic rings. The van der Waals surface area contributed by atoms with Crippen LogP contribution < -0.4 is 10.1 Å². The van der Waals surface area contributed by atoms with Gasteiger partial charge in [-0.2, -0.15) is 0 Å². The molecule has 1 amide bonds. The second-order valence-electron chi connectivity index (χ2n) is 4.40. The van der Waals surface area contributed by atoms with E-state index < -0.39 is 24.0 Å². The minimum absolute atomic E-state index is 0.384. The summed E-state index contributed by atoms with van der Waals surface area (Å²) in [4.78, 5) is 22.9. The van der Waals surface area contributed by atoms with Gasteiger partial charge in [-0.15, -0.1) is 0 Å². The maximum Gasteiger partial charge on any atom is 0.326 e. The van der Waals surface area contributed by atoms with Crippen LogP contribution in [0.4, 0.5) is 0 Å². The number of carboxylic acid groups (broad SMARTS) is 1. The lowest BCUT2D eigenvalue weighted by atomic mass is 10.1. The predicted octanol–water partition coefficient (Wildman–Crippen LogP) is 2.48. The first-order valence-electron chi connectivity index (χ1n) is 6.39. The van der Waals surface area contributed by atoms with Crippen molar-refractivity contribution in [1.29, 1.82) is 0 Å². The van der Waals surface area contributed by atoms with Crippen molar-refractivity contribution in [1.82, 2.24) is 5.32 Å². The Morgan fingerprint density at radius 1 is 1.35 bits per heavy atom. The van der Waals surface area contributed by atoms with Gasteiger partial charge in [0.1, 0.15) is 11.8 Å². The lowest BCUT2D eigenvalue weighted by Gasteiger charge is -2.18. The zero-order chi connectivity index (χ0) is 15.1. The molecule has 1 aromatic carbocycles. The standard InChI is InChI=1S/C14H18ClNO4/c1-3-4-12(14(18)19)16-13(17)9(2)20-11-7-5-10(15)6-8-11/h5-9,12H,3-4H2,1-2H3,(H,16,17)(H,18,19)/t9?,12-/m1/s1. The Morgan fingerprint density at radius 3 is 2.45 bits per heavy atom. The molecule has 5 nitrogen and oxygen atoms in total. The lowest BCUT2D eigenvalue weighted by molar-refractivity contribution is -0.143. The number of carboxylic acids is 1. The first-order chi connectivity index (χ1) is 9.43. The van der Waals surface area contributed by atoms with Crippen LogP contribution >= 0.6 is 11.6 Å². The van der Waals surface area contributed by atoms with E-state index in [2.05, 4.69) is 5.32 Å². The number of hydrogen-bond donors (Lipinski definition) is 2. The van der Waals surface area contributed by atoms with E-state index in [1.807, 2.05) is 6.92 Å². The maximum absolute atomic E-state index is 11.9. The van der Waals surface area contributed by atoms with E-state index in [1.165, 1.54) is 0 Å². The van der Waals surface area contributed by atoms with Crippen LogP contribution in [0.3, 0.4) is 0 Å². The van der Waals surface area contributed by atoms with Crippen LogP contribution in [0.5, 0.6) is 5.75 Å². The Morgan fingerprint density at radius 2 is 1.95 bits per heavy atom. The van der Waals surface area contributed by atoms with Gasteiger partial charge in [-0.05, 0) is 37.6 Å². The van der Waals surface area contributed by atoms with Crippen molar-refractivity contribution in [2.75, 3.05) is 0 Å². The van der Waals surface area contributed by atoms with E-state index in [9.17, 15) is 9.59 Å². The summed E-state index contributed by atoms with van der Waals surface area (Å²) in [6, 6.07) is 5.71. The van der Waals surface area contributed by atoms with Crippen LogP contribution in [-0.2, 0) is 9.59 Å². The van der Waals surface area contributed by atoms with Crippen LogP contribution in [-0.4, -0.2) is 29.1 Å². The van der Waals surface area contributed by atoms with E-state index in [0.717, 1.165) is 0 Å². The molecule has 1 aromatic rings. The van der Waals surface area contributed by atoms with Gasteiger partial charge < -0.3 is 15.2 Å². The molecule has 110 valence electrons. The third kappa shape index (κ3) is 5.09. The van der Waals surface area contributed by atoms with Crippen LogP contribution in [0.15, 0.2) is 24.3 Å². The second-order valence-corrected chi connectivity index (χ2v) is 4.84. The Bertz CT molecular complexity index is 461. The monoisotopic (exact) mass is 299 g/mol. The molecule has 6 heteroatoms. The molecular weight excluding hydrogens is 282 g/mol. The molecule has 0 heterocycles. The maximum atomic E-state index is 11.9. The second kappa shape index (κ2) is 7.75. The van der Waals surface area contributed by atoms with E-state index in [0.29, 0.717) is 23.6 Å². The molecule has 2 atom stereocenters. The van der Waals surface area contributed by atoms with Crippen molar-refractivity contribution in [3.63, 3.8) is 0 Å². The summed E-state index contributed by atoms with van der Waals surface area (Å²) in [5.41, 5.74) is 0. The quantitative estimate of drug-likeness (QED) is 0.811. The molecule has 1 unspecified atom stereocenters. The Hall–Kier alpha value is -1.75. The van der Waals surface area contributed by atoms with Crippen LogP contribution in [0, 0.1) is 0 Å². The molecule has 1 rings (SSSR count). The highest BCUT2D eigenvalue weighted by molar-refractivity contribution is 6.30. The molecule has 0 radical (unpaired) electrons. The summed E-state index contributed by atoms with van der Waals surface area (Å²) in [5.74, 6) is -1.00. The van der Waals surface area contributed by atoms with E-state index >= 15 is 0 Å².